The molecule has 0 unspecified atom stereocenters. The number of nitrogens with zero attached hydrogens (tertiary/aromatic N) is 3. The fourth-order valence-corrected chi connectivity index (χ4v) is 3.62. The summed E-state index contributed by atoms with van der Waals surface area (Å²) in [6.07, 6.45) is 0.426. The third kappa shape index (κ3) is 2.03. The Morgan fingerprint density at radius 2 is 2.10 bits per heavy atom. The minimum Gasteiger partial charge on any atom is -0.387 e. The van der Waals surface area contributed by atoms with E-state index in [0.717, 1.165) is 3.57 Å². The molecule has 108 valence electrons. The average Bonchev–Trinajstić information content (AvgIpc) is 2.81. The third-order valence-electron chi connectivity index (χ3n) is 3.54. The van der Waals surface area contributed by atoms with Gasteiger partial charge < -0.3 is 19.5 Å². The van der Waals surface area contributed by atoms with Gasteiger partial charge in [-0.2, -0.15) is 0 Å². The van der Waals surface area contributed by atoms with Crippen molar-refractivity contribution >= 4 is 45.2 Å². The Morgan fingerprint density at radius 1 is 1.40 bits per heavy atom. The molecule has 3 rings (SSSR count). The van der Waals surface area contributed by atoms with Crippen LogP contribution in [0, 0.1) is 3.57 Å². The molecule has 0 radical (unpaired) electrons. The lowest BCUT2D eigenvalue weighted by Gasteiger charge is -2.21. The van der Waals surface area contributed by atoms with Crippen LogP contribution in [0.1, 0.15) is 20.1 Å². The summed E-state index contributed by atoms with van der Waals surface area (Å²) in [5.74, 6) is 0. The summed E-state index contributed by atoms with van der Waals surface area (Å²) in [4.78, 5) is 8.16. The zero-order valence-electron chi connectivity index (χ0n) is 10.8. The lowest BCUT2D eigenvalue weighted by molar-refractivity contribution is -0.0799. The van der Waals surface area contributed by atoms with E-state index < -0.39 is 24.0 Å². The van der Waals surface area contributed by atoms with Crippen molar-refractivity contribution in [1.29, 1.82) is 0 Å². The van der Waals surface area contributed by atoms with E-state index in [-0.39, 0.29) is 0 Å². The molecule has 0 aliphatic carbocycles. The molecule has 1 aliphatic rings. The van der Waals surface area contributed by atoms with Crippen LogP contribution in [-0.2, 0) is 4.74 Å². The Labute approximate surface area is 133 Å². The first kappa shape index (κ1) is 14.5. The first-order chi connectivity index (χ1) is 9.33. The predicted molar refractivity (Wildman–Crippen MR) is 81.5 cm³/mol. The molecule has 2 aromatic heterocycles. The van der Waals surface area contributed by atoms with Crippen LogP contribution in [0.2, 0.25) is 5.15 Å². The summed E-state index contributed by atoms with van der Waals surface area (Å²) in [5.41, 5.74) is -0.258. The van der Waals surface area contributed by atoms with Crippen molar-refractivity contribution in [3.63, 3.8) is 0 Å². The molecule has 6 nitrogen and oxygen atoms in total. The Balaban J connectivity index is 2.15. The van der Waals surface area contributed by atoms with Crippen molar-refractivity contribution in [1.82, 2.24) is 14.5 Å². The van der Waals surface area contributed by atoms with Gasteiger partial charge in [-0.05, 0) is 36.4 Å². The van der Waals surface area contributed by atoms with Crippen molar-refractivity contribution in [2.45, 2.75) is 37.9 Å². The molecule has 0 saturated carbocycles. The number of aromatic nitrogens is 3. The van der Waals surface area contributed by atoms with E-state index in [1.54, 1.807) is 24.6 Å². The van der Waals surface area contributed by atoms with Crippen LogP contribution in [-0.4, -0.2) is 42.6 Å². The second-order valence-corrected chi connectivity index (χ2v) is 6.81. The maximum atomic E-state index is 10.2. The average molecular weight is 410 g/mol. The van der Waals surface area contributed by atoms with Crippen LogP contribution < -0.4 is 0 Å². The van der Waals surface area contributed by atoms with Gasteiger partial charge in [-0.3, -0.25) is 0 Å². The highest BCUT2D eigenvalue weighted by Crippen LogP contribution is 2.39. The van der Waals surface area contributed by atoms with Crippen molar-refractivity contribution in [2.24, 2.45) is 0 Å². The van der Waals surface area contributed by atoms with Gasteiger partial charge in [-0.25, -0.2) is 9.97 Å². The van der Waals surface area contributed by atoms with Crippen LogP contribution in [0.5, 0.6) is 0 Å². The van der Waals surface area contributed by atoms with Crippen LogP contribution in [0.15, 0.2) is 12.5 Å². The third-order valence-corrected chi connectivity index (χ3v) is 4.65. The van der Waals surface area contributed by atoms with Gasteiger partial charge in [0.1, 0.15) is 29.3 Å². The van der Waals surface area contributed by atoms with E-state index >= 15 is 0 Å². The number of halogens is 2. The molecule has 1 aliphatic heterocycles. The Kier molecular flexibility index (Phi) is 3.45. The van der Waals surface area contributed by atoms with E-state index in [1.807, 2.05) is 0 Å². The molecular formula is C12H13ClIN3O3. The van der Waals surface area contributed by atoms with Crippen LogP contribution in [0.25, 0.3) is 11.0 Å². The van der Waals surface area contributed by atoms with Crippen LogP contribution in [0.3, 0.4) is 0 Å². The lowest BCUT2D eigenvalue weighted by atomic mass is 10.0. The molecule has 1 saturated heterocycles. The maximum Gasteiger partial charge on any atom is 0.164 e. The summed E-state index contributed by atoms with van der Waals surface area (Å²) < 4.78 is 8.32. The van der Waals surface area contributed by atoms with Gasteiger partial charge in [0.25, 0.3) is 0 Å². The summed E-state index contributed by atoms with van der Waals surface area (Å²) in [6, 6.07) is 0. The predicted octanol–water partition coefficient (Wildman–Crippen LogP) is 1.72. The van der Waals surface area contributed by atoms with Gasteiger partial charge in [0.2, 0.25) is 0 Å². The number of aliphatic hydroxyl groups excluding tert-OH is 2. The van der Waals surface area contributed by atoms with Crippen LogP contribution >= 0.6 is 34.2 Å². The second-order valence-electron chi connectivity index (χ2n) is 5.29. The fourth-order valence-electron chi connectivity index (χ4n) is 2.44. The number of ether oxygens (including phenoxy) is 1. The molecule has 0 bridgehead atoms. The van der Waals surface area contributed by atoms with Crippen molar-refractivity contribution in [3.8, 4) is 0 Å². The zero-order chi connectivity index (χ0) is 14.7. The number of hydrogen-bond donors (Lipinski definition) is 2. The van der Waals surface area contributed by atoms with E-state index in [9.17, 15) is 10.2 Å². The second kappa shape index (κ2) is 4.77. The molecule has 1 fully saturated rings. The van der Waals surface area contributed by atoms with Crippen LogP contribution in [0.4, 0.5) is 0 Å². The molecule has 0 aromatic carbocycles. The maximum absolute atomic E-state index is 10.2. The molecule has 0 amide bonds. The quantitative estimate of drug-likeness (QED) is 0.554. The van der Waals surface area contributed by atoms with E-state index in [4.69, 9.17) is 16.3 Å². The van der Waals surface area contributed by atoms with Gasteiger partial charge in [0, 0.05) is 9.77 Å². The van der Waals surface area contributed by atoms with Crippen molar-refractivity contribution in [2.75, 3.05) is 0 Å². The van der Waals surface area contributed by atoms with Gasteiger partial charge in [0.05, 0.1) is 11.0 Å². The molecular weight excluding hydrogens is 397 g/mol. The number of hydrogen-bond acceptors (Lipinski definition) is 5. The van der Waals surface area contributed by atoms with E-state index in [0.29, 0.717) is 16.2 Å². The minimum atomic E-state index is -1.04. The smallest absolute Gasteiger partial charge is 0.164 e. The van der Waals surface area contributed by atoms with E-state index in [2.05, 4.69) is 32.6 Å². The number of aliphatic hydroxyl groups is 2. The SMILES string of the molecule is CC1(C)O[C@@H](n2cc(I)c3c(Cl)ncnc32)[C@H](O)[C@@H]1O. The highest BCUT2D eigenvalue weighted by Gasteiger charge is 2.49. The van der Waals surface area contributed by atoms with Gasteiger partial charge in [0.15, 0.2) is 6.23 Å². The summed E-state index contributed by atoms with van der Waals surface area (Å²) >= 11 is 8.21. The molecule has 8 heteroatoms. The minimum absolute atomic E-state index is 0.352. The molecule has 2 N–H and O–H groups in total. The number of rotatable bonds is 1. The molecule has 0 spiro atoms. The lowest BCUT2D eigenvalue weighted by Crippen LogP contribution is -2.37. The topological polar surface area (TPSA) is 80.4 Å². The van der Waals surface area contributed by atoms with Gasteiger partial charge in [-0.15, -0.1) is 0 Å². The highest BCUT2D eigenvalue weighted by molar-refractivity contribution is 14.1. The zero-order valence-corrected chi connectivity index (χ0v) is 13.7. The van der Waals surface area contributed by atoms with Crippen molar-refractivity contribution < 1.29 is 14.9 Å². The van der Waals surface area contributed by atoms with Gasteiger partial charge >= 0.3 is 0 Å². The molecule has 3 atom stereocenters. The molecule has 20 heavy (non-hydrogen) atoms. The monoisotopic (exact) mass is 409 g/mol. The van der Waals surface area contributed by atoms with E-state index in [1.165, 1.54) is 6.33 Å². The summed E-state index contributed by atoms with van der Waals surface area (Å²) in [5, 5.41) is 21.3. The Morgan fingerprint density at radius 3 is 2.70 bits per heavy atom. The first-order valence-corrected chi connectivity index (χ1v) is 7.49. The number of fused-ring (bicyclic) bond motifs is 1. The van der Waals surface area contributed by atoms with Crippen molar-refractivity contribution in [3.05, 3.63) is 21.2 Å². The Bertz CT molecular complexity index is 675. The Hall–Kier alpha value is -0.480. The molecule has 3 heterocycles. The molecule has 2 aromatic rings. The van der Waals surface area contributed by atoms with Gasteiger partial charge in [-0.1, -0.05) is 11.6 Å². The first-order valence-electron chi connectivity index (χ1n) is 6.03. The standard InChI is InChI=1S/C12H13ClIN3O3/c1-12(2)8(19)7(18)11(20-12)17-3-5(14)6-9(13)15-4-16-10(6)17/h3-4,7-8,11,18-19H,1-2H3/t7-,8+,11-/m1/s1. The summed E-state index contributed by atoms with van der Waals surface area (Å²) in [7, 11) is 0. The summed E-state index contributed by atoms with van der Waals surface area (Å²) in [6.45, 7) is 3.47. The largest absolute Gasteiger partial charge is 0.387 e. The normalized spacial score (nSPS) is 29.2. The fraction of sp³-hybridized carbons (Fsp3) is 0.500. The highest BCUT2D eigenvalue weighted by atomic mass is 127.